The monoisotopic (exact) mass is 462 g/mol. The molecule has 3 rings (SSSR count). The highest BCUT2D eigenvalue weighted by Gasteiger charge is 2.38. The van der Waals surface area contributed by atoms with Crippen LogP contribution in [0.1, 0.15) is 31.2 Å². The van der Waals surface area contributed by atoms with Crippen LogP contribution < -0.4 is 5.32 Å². The molecule has 1 aromatic carbocycles. The topological polar surface area (TPSA) is 99.4 Å². The minimum Gasteiger partial charge on any atom is -0.481 e. The lowest BCUT2D eigenvalue weighted by Gasteiger charge is -2.28. The van der Waals surface area contributed by atoms with Crippen molar-refractivity contribution >= 4 is 39.4 Å². The molecule has 0 unspecified atom stereocenters. The molecule has 1 saturated carbocycles. The second-order valence-corrected chi connectivity index (χ2v) is 8.38. The van der Waals surface area contributed by atoms with Gasteiger partial charge in [0.2, 0.25) is 0 Å². The highest BCUT2D eigenvalue weighted by Crippen LogP contribution is 2.41. The number of ether oxygens (including phenoxy) is 1. The molecule has 28 heavy (non-hydrogen) atoms. The number of rotatable bonds is 7. The molecule has 0 radical (unpaired) electrons. The average Bonchev–Trinajstić information content (AvgIpc) is 3.51. The molecule has 1 aliphatic heterocycles. The number of aliphatic hydroxyl groups excluding tert-OH is 1. The van der Waals surface area contributed by atoms with Gasteiger partial charge in [0.15, 0.2) is 0 Å². The summed E-state index contributed by atoms with van der Waals surface area (Å²) in [6, 6.07) is 9.31. The van der Waals surface area contributed by atoms with Gasteiger partial charge in [-0.05, 0) is 37.5 Å². The molecule has 0 saturated heterocycles. The van der Waals surface area contributed by atoms with Crippen LogP contribution in [0.25, 0.3) is 0 Å². The van der Waals surface area contributed by atoms with Crippen LogP contribution in [0.2, 0.25) is 0 Å². The number of thioether (sulfide) groups is 1. The number of Topliss-reactive ketones (excluding diaryl/α,β-unsaturated/α-hetero) is 1. The molecule has 2 aliphatic rings. The Hall–Kier alpha value is -2.24. The van der Waals surface area contributed by atoms with Gasteiger partial charge in [-0.15, -0.1) is 0 Å². The number of nitriles is 1. The zero-order valence-corrected chi connectivity index (χ0v) is 17.6. The molecule has 0 spiro atoms. The van der Waals surface area contributed by atoms with Crippen LogP contribution in [-0.4, -0.2) is 29.2 Å². The van der Waals surface area contributed by atoms with E-state index in [0.717, 1.165) is 29.1 Å². The first kappa shape index (κ1) is 20.5. The van der Waals surface area contributed by atoms with E-state index in [2.05, 4.69) is 27.3 Å². The molecular formula is C20H19BrN2O4S. The number of nitrogens with zero attached hydrogens (tertiary/aromatic N) is 1. The maximum Gasteiger partial charge on any atom is 0.286 e. The second kappa shape index (κ2) is 8.84. The van der Waals surface area contributed by atoms with Crippen molar-refractivity contribution in [3.05, 3.63) is 56.4 Å². The van der Waals surface area contributed by atoms with E-state index in [9.17, 15) is 20.0 Å². The zero-order valence-electron chi connectivity index (χ0n) is 15.2. The SMILES string of the molecule is CCOC(O)=C1C(=O)NC(SCC(=O)C2CC2)=C(C#N)[C@@H]1c1ccc(Br)cc1. The molecule has 1 fully saturated rings. The summed E-state index contributed by atoms with van der Waals surface area (Å²) in [5, 5.41) is 23.2. The Bertz CT molecular complexity index is 898. The lowest BCUT2D eigenvalue weighted by atomic mass is 9.83. The number of benzene rings is 1. The number of carbonyl (C=O) groups is 2. The predicted octanol–water partition coefficient (Wildman–Crippen LogP) is 3.92. The third kappa shape index (κ3) is 4.42. The Labute approximate surface area is 175 Å². The van der Waals surface area contributed by atoms with Crippen molar-refractivity contribution in [1.82, 2.24) is 5.32 Å². The van der Waals surface area contributed by atoms with Gasteiger partial charge in [-0.25, -0.2) is 0 Å². The van der Waals surface area contributed by atoms with Crippen LogP contribution >= 0.6 is 27.7 Å². The molecule has 8 heteroatoms. The maximum absolute atomic E-state index is 12.8. The number of amides is 1. The van der Waals surface area contributed by atoms with Gasteiger partial charge in [-0.1, -0.05) is 39.8 Å². The highest BCUT2D eigenvalue weighted by atomic mass is 79.9. The third-order valence-electron chi connectivity index (χ3n) is 4.52. The summed E-state index contributed by atoms with van der Waals surface area (Å²) in [6.45, 7) is 1.87. The average molecular weight is 463 g/mol. The Morgan fingerprint density at radius 2 is 2.07 bits per heavy atom. The van der Waals surface area contributed by atoms with Crippen LogP contribution in [0, 0.1) is 17.2 Å². The van der Waals surface area contributed by atoms with E-state index in [0.29, 0.717) is 10.6 Å². The number of aliphatic hydroxyl groups is 1. The molecule has 1 aliphatic carbocycles. The summed E-state index contributed by atoms with van der Waals surface area (Å²) in [7, 11) is 0. The first-order chi connectivity index (χ1) is 13.5. The van der Waals surface area contributed by atoms with E-state index in [1.807, 2.05) is 0 Å². The number of halogens is 1. The molecule has 2 N–H and O–H groups in total. The van der Waals surface area contributed by atoms with Gasteiger partial charge < -0.3 is 15.2 Å². The van der Waals surface area contributed by atoms with Crippen LogP contribution in [0.5, 0.6) is 0 Å². The van der Waals surface area contributed by atoms with Crippen molar-refractivity contribution in [1.29, 1.82) is 5.26 Å². The molecule has 1 heterocycles. The molecule has 146 valence electrons. The first-order valence-electron chi connectivity index (χ1n) is 8.88. The molecule has 0 aromatic heterocycles. The molecular weight excluding hydrogens is 444 g/mol. The first-order valence-corrected chi connectivity index (χ1v) is 10.7. The lowest BCUT2D eigenvalue weighted by Crippen LogP contribution is -2.35. The fraction of sp³-hybridized carbons (Fsp3) is 0.350. The maximum atomic E-state index is 12.8. The quantitative estimate of drug-likeness (QED) is 0.470. The van der Waals surface area contributed by atoms with Gasteiger partial charge in [0.25, 0.3) is 11.9 Å². The molecule has 1 aromatic rings. The van der Waals surface area contributed by atoms with Crippen molar-refractivity contribution in [2.24, 2.45) is 5.92 Å². The summed E-state index contributed by atoms with van der Waals surface area (Å²) >= 11 is 4.53. The van der Waals surface area contributed by atoms with Crippen molar-refractivity contribution < 1.29 is 19.4 Å². The van der Waals surface area contributed by atoms with E-state index >= 15 is 0 Å². The standard InChI is InChI=1S/C20H19BrN2O4S/c1-2-27-20(26)17-16(12-5-7-13(21)8-6-12)14(9-22)19(23-18(17)25)28-10-15(24)11-3-4-11/h5-8,11,16,26H,2-4,10H2,1H3,(H,23,25)/t16-/m0/s1. The third-order valence-corrected chi connectivity index (χ3v) is 6.09. The summed E-state index contributed by atoms with van der Waals surface area (Å²) in [4.78, 5) is 24.8. The number of hydrogen-bond acceptors (Lipinski definition) is 6. The lowest BCUT2D eigenvalue weighted by molar-refractivity contribution is -0.118. The summed E-state index contributed by atoms with van der Waals surface area (Å²) in [5.74, 6) is -1.38. The molecule has 1 atom stereocenters. The fourth-order valence-corrected chi connectivity index (χ4v) is 4.23. The van der Waals surface area contributed by atoms with E-state index in [1.165, 1.54) is 0 Å². The largest absolute Gasteiger partial charge is 0.481 e. The molecule has 6 nitrogen and oxygen atoms in total. The highest BCUT2D eigenvalue weighted by molar-refractivity contribution is 9.10. The van der Waals surface area contributed by atoms with Crippen molar-refractivity contribution in [2.75, 3.05) is 12.4 Å². The van der Waals surface area contributed by atoms with Crippen LogP contribution in [0.3, 0.4) is 0 Å². The van der Waals surface area contributed by atoms with E-state index in [1.54, 1.807) is 31.2 Å². The Kier molecular flexibility index (Phi) is 6.47. The number of carbonyl (C=O) groups excluding carboxylic acids is 2. The van der Waals surface area contributed by atoms with Crippen molar-refractivity contribution in [3.63, 3.8) is 0 Å². The Morgan fingerprint density at radius 1 is 1.39 bits per heavy atom. The fourth-order valence-electron chi connectivity index (χ4n) is 2.96. The second-order valence-electron chi connectivity index (χ2n) is 6.47. The Balaban J connectivity index is 2.04. The van der Waals surface area contributed by atoms with Crippen LogP contribution in [0.4, 0.5) is 0 Å². The summed E-state index contributed by atoms with van der Waals surface area (Å²) in [6.07, 6.45) is 1.82. The summed E-state index contributed by atoms with van der Waals surface area (Å²) in [5.41, 5.74) is 0.929. The smallest absolute Gasteiger partial charge is 0.286 e. The number of ketones is 1. The van der Waals surface area contributed by atoms with Crippen LogP contribution in [-0.2, 0) is 14.3 Å². The van der Waals surface area contributed by atoms with Gasteiger partial charge in [0.1, 0.15) is 11.4 Å². The zero-order chi connectivity index (χ0) is 20.3. The number of hydrogen-bond donors (Lipinski definition) is 2. The normalized spacial score (nSPS) is 21.0. The Morgan fingerprint density at radius 3 is 2.64 bits per heavy atom. The number of allylic oxidation sites excluding steroid dienone is 1. The number of nitrogens with one attached hydrogen (secondary N) is 1. The van der Waals surface area contributed by atoms with Gasteiger partial charge in [0, 0.05) is 10.4 Å². The van der Waals surface area contributed by atoms with Gasteiger partial charge in [-0.3, -0.25) is 9.59 Å². The van der Waals surface area contributed by atoms with E-state index in [4.69, 9.17) is 4.74 Å². The van der Waals surface area contributed by atoms with Gasteiger partial charge in [-0.2, -0.15) is 5.26 Å². The van der Waals surface area contributed by atoms with Gasteiger partial charge >= 0.3 is 0 Å². The van der Waals surface area contributed by atoms with Gasteiger partial charge in [0.05, 0.1) is 34.9 Å². The molecule has 0 bridgehead atoms. The van der Waals surface area contributed by atoms with Crippen LogP contribution in [0.15, 0.2) is 50.9 Å². The van der Waals surface area contributed by atoms with E-state index in [-0.39, 0.29) is 35.2 Å². The van der Waals surface area contributed by atoms with Crippen molar-refractivity contribution in [3.8, 4) is 6.07 Å². The predicted molar refractivity (Wildman–Crippen MR) is 109 cm³/mol. The van der Waals surface area contributed by atoms with E-state index < -0.39 is 17.8 Å². The van der Waals surface area contributed by atoms with Crippen molar-refractivity contribution in [2.45, 2.75) is 25.7 Å². The minimum atomic E-state index is -0.781. The molecule has 1 amide bonds. The minimum absolute atomic E-state index is 0.0152. The summed E-state index contributed by atoms with van der Waals surface area (Å²) < 4.78 is 6.02.